The van der Waals surface area contributed by atoms with Crippen LogP contribution >= 0.6 is 0 Å². The topological polar surface area (TPSA) is 35.5 Å². The number of hydrogen-bond donors (Lipinski definition) is 2. The number of benzene rings is 2. The fourth-order valence-corrected chi connectivity index (χ4v) is 2.92. The van der Waals surface area contributed by atoms with E-state index in [1.54, 1.807) is 0 Å². The maximum atomic E-state index is 9.71. The molecular formula is C18H22N2O. The van der Waals surface area contributed by atoms with Crippen molar-refractivity contribution in [2.45, 2.75) is 26.8 Å². The number of hydrogen-bond acceptors (Lipinski definition) is 3. The molecule has 0 atom stereocenters. The van der Waals surface area contributed by atoms with Crippen LogP contribution in [0.1, 0.15) is 22.3 Å². The first-order valence-corrected chi connectivity index (χ1v) is 7.41. The maximum Gasteiger partial charge on any atom is 0.118 e. The van der Waals surface area contributed by atoms with Crippen molar-refractivity contribution in [1.82, 2.24) is 0 Å². The van der Waals surface area contributed by atoms with Crippen LogP contribution in [0.3, 0.4) is 0 Å². The molecule has 1 heterocycles. The predicted octanol–water partition coefficient (Wildman–Crippen LogP) is 3.61. The van der Waals surface area contributed by atoms with E-state index in [4.69, 9.17) is 0 Å². The molecule has 0 fully saturated rings. The molecule has 21 heavy (non-hydrogen) atoms. The third kappa shape index (κ3) is 2.68. The molecule has 2 N–H and O–H groups in total. The summed E-state index contributed by atoms with van der Waals surface area (Å²) >= 11 is 0. The van der Waals surface area contributed by atoms with E-state index in [2.05, 4.69) is 35.5 Å². The Morgan fingerprint density at radius 2 is 1.95 bits per heavy atom. The molecule has 0 radical (unpaired) electrons. The summed E-state index contributed by atoms with van der Waals surface area (Å²) in [5.41, 5.74) is 7.15. The average molecular weight is 282 g/mol. The van der Waals surface area contributed by atoms with Crippen molar-refractivity contribution in [3.05, 3.63) is 52.6 Å². The number of likely N-dealkylation sites (N-methyl/N-ethyl adjacent to an activating group) is 1. The predicted molar refractivity (Wildman–Crippen MR) is 88.3 cm³/mol. The summed E-state index contributed by atoms with van der Waals surface area (Å²) in [4.78, 5) is 2.31. The van der Waals surface area contributed by atoms with Gasteiger partial charge in [0, 0.05) is 31.5 Å². The summed E-state index contributed by atoms with van der Waals surface area (Å²) < 4.78 is 0. The van der Waals surface area contributed by atoms with Crippen LogP contribution < -0.4 is 10.2 Å². The molecule has 0 spiro atoms. The highest BCUT2D eigenvalue weighted by molar-refractivity contribution is 5.60. The summed E-state index contributed by atoms with van der Waals surface area (Å²) in [6.07, 6.45) is 1.14. The first kappa shape index (κ1) is 13.8. The summed E-state index contributed by atoms with van der Waals surface area (Å²) in [7, 11) is 2.15. The highest BCUT2D eigenvalue weighted by Crippen LogP contribution is 2.28. The van der Waals surface area contributed by atoms with Gasteiger partial charge in [0.05, 0.1) is 0 Å². The third-order valence-electron chi connectivity index (χ3n) is 4.30. The normalized spacial score (nSPS) is 13.4. The minimum atomic E-state index is 0.360. The van der Waals surface area contributed by atoms with Crippen molar-refractivity contribution in [3.63, 3.8) is 0 Å². The number of nitrogens with zero attached hydrogens (tertiary/aromatic N) is 1. The second-order valence-corrected chi connectivity index (χ2v) is 5.94. The van der Waals surface area contributed by atoms with Crippen molar-refractivity contribution in [2.75, 3.05) is 23.8 Å². The fraction of sp³-hybridized carbons (Fsp3) is 0.333. The van der Waals surface area contributed by atoms with Gasteiger partial charge in [-0.1, -0.05) is 12.1 Å². The second-order valence-electron chi connectivity index (χ2n) is 5.94. The molecule has 0 aromatic heterocycles. The Morgan fingerprint density at radius 1 is 1.14 bits per heavy atom. The lowest BCUT2D eigenvalue weighted by Crippen LogP contribution is -2.12. The number of phenols is 1. The zero-order chi connectivity index (χ0) is 15.0. The molecule has 2 aromatic rings. The molecule has 0 bridgehead atoms. The van der Waals surface area contributed by atoms with E-state index in [-0.39, 0.29) is 0 Å². The quantitative estimate of drug-likeness (QED) is 0.844. The van der Waals surface area contributed by atoms with Crippen LogP contribution in [0, 0.1) is 13.8 Å². The Labute approximate surface area is 126 Å². The van der Waals surface area contributed by atoms with Crippen LogP contribution in [0.4, 0.5) is 11.4 Å². The van der Waals surface area contributed by atoms with E-state index in [0.717, 1.165) is 36.3 Å². The van der Waals surface area contributed by atoms with Crippen molar-refractivity contribution < 1.29 is 5.11 Å². The second kappa shape index (κ2) is 5.32. The number of anilines is 2. The van der Waals surface area contributed by atoms with E-state index in [9.17, 15) is 5.11 Å². The van der Waals surface area contributed by atoms with Gasteiger partial charge in [0.25, 0.3) is 0 Å². The first-order chi connectivity index (χ1) is 10.0. The number of fused-ring (bicyclic) bond motifs is 1. The Bertz CT molecular complexity index is 679. The first-order valence-electron chi connectivity index (χ1n) is 7.41. The number of aryl methyl sites for hydroxylation is 2. The molecule has 0 unspecified atom stereocenters. The number of phenolic OH excluding ortho intramolecular Hbond substituents is 1. The molecule has 1 aliphatic rings. The minimum absolute atomic E-state index is 0.360. The van der Waals surface area contributed by atoms with Crippen LogP contribution in [0.5, 0.6) is 5.75 Å². The molecule has 0 saturated heterocycles. The summed E-state index contributed by atoms with van der Waals surface area (Å²) in [6, 6.07) is 10.5. The van der Waals surface area contributed by atoms with Gasteiger partial charge in [-0.3, -0.25) is 0 Å². The van der Waals surface area contributed by atoms with Gasteiger partial charge < -0.3 is 15.3 Å². The van der Waals surface area contributed by atoms with E-state index in [1.165, 1.54) is 16.8 Å². The zero-order valence-electron chi connectivity index (χ0n) is 12.9. The van der Waals surface area contributed by atoms with Gasteiger partial charge in [-0.2, -0.15) is 0 Å². The standard InChI is InChI=1S/C18H22N2O/c1-12-9-18(21)13(2)8-16(12)19-11-14-4-5-17-15(10-14)6-7-20(17)3/h4-5,8-10,19,21H,6-7,11H2,1-3H3. The van der Waals surface area contributed by atoms with Gasteiger partial charge in [-0.05, 0) is 60.7 Å². The Hall–Kier alpha value is -2.16. The molecule has 0 aliphatic carbocycles. The maximum absolute atomic E-state index is 9.71. The molecule has 110 valence electrons. The minimum Gasteiger partial charge on any atom is -0.508 e. The highest BCUT2D eigenvalue weighted by atomic mass is 16.3. The van der Waals surface area contributed by atoms with Crippen LogP contribution in [0.2, 0.25) is 0 Å². The SMILES string of the molecule is Cc1cc(NCc2ccc3c(c2)CCN3C)c(C)cc1O. The van der Waals surface area contributed by atoms with E-state index in [0.29, 0.717) is 5.75 Å². The van der Waals surface area contributed by atoms with Crippen molar-refractivity contribution in [2.24, 2.45) is 0 Å². The molecule has 3 rings (SSSR count). The largest absolute Gasteiger partial charge is 0.508 e. The van der Waals surface area contributed by atoms with Gasteiger partial charge in [0.1, 0.15) is 5.75 Å². The Morgan fingerprint density at radius 3 is 2.76 bits per heavy atom. The van der Waals surface area contributed by atoms with E-state index in [1.807, 2.05) is 26.0 Å². The van der Waals surface area contributed by atoms with Crippen molar-refractivity contribution in [3.8, 4) is 5.75 Å². The molecule has 0 amide bonds. The number of nitrogens with one attached hydrogen (secondary N) is 1. The van der Waals surface area contributed by atoms with Crippen LogP contribution in [0.25, 0.3) is 0 Å². The Kier molecular flexibility index (Phi) is 3.50. The highest BCUT2D eigenvalue weighted by Gasteiger charge is 2.15. The van der Waals surface area contributed by atoms with Crippen LogP contribution in [-0.2, 0) is 13.0 Å². The molecular weight excluding hydrogens is 260 g/mol. The monoisotopic (exact) mass is 282 g/mol. The number of rotatable bonds is 3. The molecule has 3 nitrogen and oxygen atoms in total. The summed E-state index contributed by atoms with van der Waals surface area (Å²) in [5, 5.41) is 13.2. The van der Waals surface area contributed by atoms with Crippen molar-refractivity contribution in [1.29, 1.82) is 0 Å². The van der Waals surface area contributed by atoms with Crippen LogP contribution in [0.15, 0.2) is 30.3 Å². The zero-order valence-corrected chi connectivity index (χ0v) is 12.9. The molecule has 0 saturated carbocycles. The lowest BCUT2D eigenvalue weighted by atomic mass is 10.1. The lowest BCUT2D eigenvalue weighted by Gasteiger charge is -2.14. The number of aromatic hydroxyl groups is 1. The van der Waals surface area contributed by atoms with Gasteiger partial charge >= 0.3 is 0 Å². The van der Waals surface area contributed by atoms with Crippen molar-refractivity contribution >= 4 is 11.4 Å². The molecule has 2 aromatic carbocycles. The average Bonchev–Trinajstić information content (AvgIpc) is 2.82. The van der Waals surface area contributed by atoms with E-state index >= 15 is 0 Å². The van der Waals surface area contributed by atoms with E-state index < -0.39 is 0 Å². The van der Waals surface area contributed by atoms with Gasteiger partial charge in [-0.25, -0.2) is 0 Å². The Balaban J connectivity index is 1.75. The smallest absolute Gasteiger partial charge is 0.118 e. The van der Waals surface area contributed by atoms with Gasteiger partial charge in [0.2, 0.25) is 0 Å². The summed E-state index contributed by atoms with van der Waals surface area (Å²) in [6.45, 7) is 5.86. The lowest BCUT2D eigenvalue weighted by molar-refractivity contribution is 0.471. The molecule has 3 heteroatoms. The van der Waals surface area contributed by atoms with Gasteiger partial charge in [0.15, 0.2) is 0 Å². The fourth-order valence-electron chi connectivity index (χ4n) is 2.92. The van der Waals surface area contributed by atoms with Crippen LogP contribution in [-0.4, -0.2) is 18.7 Å². The molecule has 1 aliphatic heterocycles. The van der Waals surface area contributed by atoms with Gasteiger partial charge in [-0.15, -0.1) is 0 Å². The summed E-state index contributed by atoms with van der Waals surface area (Å²) in [5.74, 6) is 0.360. The third-order valence-corrected chi connectivity index (χ3v) is 4.30.